The van der Waals surface area contributed by atoms with E-state index in [2.05, 4.69) is 37.8 Å². The molecule has 2 aliphatic heterocycles. The number of aromatic nitrogens is 2. The van der Waals surface area contributed by atoms with Gasteiger partial charge in [-0.05, 0) is 62.5 Å². The largest absolute Gasteiger partial charge is 0.492 e. The molecule has 182 valence electrons. The van der Waals surface area contributed by atoms with E-state index in [1.165, 1.54) is 37.6 Å². The minimum Gasteiger partial charge on any atom is -0.492 e. The molecule has 9 nitrogen and oxygen atoms in total. The summed E-state index contributed by atoms with van der Waals surface area (Å²) in [6.07, 6.45) is 11.2. The van der Waals surface area contributed by atoms with Crippen molar-refractivity contribution >= 4 is 17.8 Å². The Morgan fingerprint density at radius 3 is 2.88 bits per heavy atom. The normalized spacial score (nSPS) is 18.8. The van der Waals surface area contributed by atoms with Crippen LogP contribution in [0.3, 0.4) is 0 Å². The fourth-order valence-electron chi connectivity index (χ4n) is 3.92. The van der Waals surface area contributed by atoms with Crippen LogP contribution in [0.1, 0.15) is 43.4 Å². The number of carbonyl (C=O) groups excluding carboxylic acids is 1. The molecule has 0 aliphatic carbocycles. The van der Waals surface area contributed by atoms with E-state index in [1.54, 1.807) is 18.5 Å². The van der Waals surface area contributed by atoms with Gasteiger partial charge < -0.3 is 14.8 Å². The van der Waals surface area contributed by atoms with Crippen molar-refractivity contribution in [2.24, 2.45) is 0 Å². The minimum atomic E-state index is -0.376. The van der Waals surface area contributed by atoms with Gasteiger partial charge in [-0.15, -0.1) is 0 Å². The van der Waals surface area contributed by atoms with Crippen molar-refractivity contribution in [3.63, 3.8) is 0 Å². The van der Waals surface area contributed by atoms with E-state index in [4.69, 9.17) is 14.3 Å². The van der Waals surface area contributed by atoms with Gasteiger partial charge in [-0.3, -0.25) is 14.7 Å². The molecular weight excluding hydrogens is 434 g/mol. The predicted octanol–water partition coefficient (Wildman–Crippen LogP) is 3.15. The van der Waals surface area contributed by atoms with Crippen LogP contribution in [-0.2, 0) is 20.9 Å². The first-order valence-corrected chi connectivity index (χ1v) is 12.0. The number of nitrogens with one attached hydrogen (secondary N) is 2. The van der Waals surface area contributed by atoms with Crippen molar-refractivity contribution in [1.29, 1.82) is 0 Å². The number of likely N-dealkylation sites (tertiary alicyclic amines) is 1. The van der Waals surface area contributed by atoms with Gasteiger partial charge in [0.25, 0.3) is 5.91 Å². The summed E-state index contributed by atoms with van der Waals surface area (Å²) in [4.78, 5) is 28.2. The predicted molar refractivity (Wildman–Crippen MR) is 129 cm³/mol. The third-order valence-electron chi connectivity index (χ3n) is 5.69. The summed E-state index contributed by atoms with van der Waals surface area (Å²) in [6, 6.07) is 8.29. The van der Waals surface area contributed by atoms with Crippen LogP contribution in [0.25, 0.3) is 6.08 Å². The zero-order chi connectivity index (χ0) is 23.4. The summed E-state index contributed by atoms with van der Waals surface area (Å²) in [6.45, 7) is 5.12. The van der Waals surface area contributed by atoms with Gasteiger partial charge in [0, 0.05) is 25.6 Å². The van der Waals surface area contributed by atoms with Crippen LogP contribution < -0.4 is 15.5 Å². The van der Waals surface area contributed by atoms with Gasteiger partial charge in [0.05, 0.1) is 24.6 Å². The lowest BCUT2D eigenvalue weighted by atomic mass is 10.2. The lowest BCUT2D eigenvalue weighted by molar-refractivity contribution is -0.198. The van der Waals surface area contributed by atoms with Crippen LogP contribution in [0.2, 0.25) is 0 Å². The molecule has 4 rings (SSSR count). The maximum absolute atomic E-state index is 11.9. The highest BCUT2D eigenvalue weighted by atomic mass is 16.8. The van der Waals surface area contributed by atoms with Crippen molar-refractivity contribution in [2.45, 2.75) is 44.9 Å². The topological polar surface area (TPSA) is 97.8 Å². The quantitative estimate of drug-likeness (QED) is 0.296. The van der Waals surface area contributed by atoms with Crippen LogP contribution in [0.5, 0.6) is 5.75 Å². The van der Waals surface area contributed by atoms with Crippen LogP contribution in [0, 0.1) is 0 Å². The summed E-state index contributed by atoms with van der Waals surface area (Å²) in [7, 11) is 0. The molecule has 2 fully saturated rings. The molecule has 2 N–H and O–H groups in total. The van der Waals surface area contributed by atoms with E-state index in [0.717, 1.165) is 31.6 Å². The molecule has 2 aliphatic rings. The van der Waals surface area contributed by atoms with Crippen molar-refractivity contribution in [2.75, 3.05) is 38.2 Å². The summed E-state index contributed by atoms with van der Waals surface area (Å²) in [5.74, 6) is 1.15. The fourth-order valence-corrected chi connectivity index (χ4v) is 3.92. The first-order chi connectivity index (χ1) is 16.7. The third-order valence-corrected chi connectivity index (χ3v) is 5.69. The van der Waals surface area contributed by atoms with Gasteiger partial charge in [-0.25, -0.2) is 15.3 Å². The molecule has 0 spiro atoms. The average molecular weight is 468 g/mol. The smallest absolute Gasteiger partial charge is 0.267 e. The molecule has 9 heteroatoms. The van der Waals surface area contributed by atoms with E-state index >= 15 is 0 Å². The van der Waals surface area contributed by atoms with Crippen molar-refractivity contribution in [3.8, 4) is 5.75 Å². The number of rotatable bonds is 11. The third kappa shape index (κ3) is 8.09. The van der Waals surface area contributed by atoms with Crippen molar-refractivity contribution in [3.05, 3.63) is 54.0 Å². The van der Waals surface area contributed by atoms with Gasteiger partial charge in [-0.1, -0.05) is 12.1 Å². The second kappa shape index (κ2) is 13.0. The Labute approximate surface area is 200 Å². The Kier molecular flexibility index (Phi) is 9.24. The Bertz CT molecular complexity index is 925. The van der Waals surface area contributed by atoms with E-state index in [-0.39, 0.29) is 12.2 Å². The lowest BCUT2D eigenvalue weighted by Gasteiger charge is -2.21. The zero-order valence-corrected chi connectivity index (χ0v) is 19.4. The summed E-state index contributed by atoms with van der Waals surface area (Å²) in [5.41, 5.74) is 4.23. The molecule has 34 heavy (non-hydrogen) atoms. The number of amides is 1. The molecular formula is C25H33N5O4. The molecule has 0 saturated carbocycles. The molecule has 2 saturated heterocycles. The maximum atomic E-state index is 11.9. The van der Waals surface area contributed by atoms with E-state index in [1.807, 2.05) is 12.1 Å². The van der Waals surface area contributed by atoms with Gasteiger partial charge in [0.1, 0.15) is 18.2 Å². The highest BCUT2D eigenvalue weighted by Gasteiger charge is 2.15. The number of anilines is 1. The molecule has 0 bridgehead atoms. The first-order valence-electron chi connectivity index (χ1n) is 12.0. The number of ether oxygens (including phenoxy) is 2. The number of hydroxylamine groups is 1. The highest BCUT2D eigenvalue weighted by Crippen LogP contribution is 2.17. The van der Waals surface area contributed by atoms with E-state index in [0.29, 0.717) is 31.3 Å². The summed E-state index contributed by atoms with van der Waals surface area (Å²) in [5, 5.41) is 3.19. The van der Waals surface area contributed by atoms with Gasteiger partial charge in [0.15, 0.2) is 6.29 Å². The van der Waals surface area contributed by atoms with Crippen LogP contribution in [0.15, 0.2) is 42.7 Å². The number of hydrogen-bond donors (Lipinski definition) is 2. The minimum absolute atomic E-state index is 0.375. The molecule has 1 atom stereocenters. The second-order valence-corrected chi connectivity index (χ2v) is 8.45. The first kappa shape index (κ1) is 24.1. The molecule has 1 amide bonds. The highest BCUT2D eigenvalue weighted by molar-refractivity contribution is 5.90. The van der Waals surface area contributed by atoms with E-state index < -0.39 is 0 Å². The summed E-state index contributed by atoms with van der Waals surface area (Å²) < 4.78 is 11.3. The maximum Gasteiger partial charge on any atom is 0.267 e. The molecule has 1 aromatic carbocycles. The molecule has 2 aromatic rings. The van der Waals surface area contributed by atoms with Crippen molar-refractivity contribution < 1.29 is 19.1 Å². The lowest BCUT2D eigenvalue weighted by Crippen LogP contribution is -2.32. The number of carbonyl (C=O) groups is 1. The van der Waals surface area contributed by atoms with Gasteiger partial charge in [-0.2, -0.15) is 0 Å². The molecule has 3 heterocycles. The Morgan fingerprint density at radius 1 is 1.18 bits per heavy atom. The standard InChI is InChI=1S/C25H33N5O4/c31-24(29-34-25-8-1-4-14-33-25)10-9-21-17-28-23(18-27-21)26-11-15-32-22-7-5-6-20(16-22)19-30-12-2-3-13-30/h5-7,9-10,16-18,25H,1-4,8,11-15,19H2,(H,26,28)(H,29,31)/b10-9+. The number of nitrogens with zero attached hydrogens (tertiary/aromatic N) is 3. The zero-order valence-electron chi connectivity index (χ0n) is 19.4. The van der Waals surface area contributed by atoms with Gasteiger partial charge >= 0.3 is 0 Å². The Balaban J connectivity index is 1.13. The monoisotopic (exact) mass is 467 g/mol. The molecule has 0 radical (unpaired) electrons. The van der Waals surface area contributed by atoms with Crippen LogP contribution in [0.4, 0.5) is 5.82 Å². The van der Waals surface area contributed by atoms with Crippen molar-refractivity contribution in [1.82, 2.24) is 20.3 Å². The van der Waals surface area contributed by atoms with Crippen LogP contribution in [-0.4, -0.2) is 59.9 Å². The second-order valence-electron chi connectivity index (χ2n) is 8.45. The Morgan fingerprint density at radius 2 is 2.09 bits per heavy atom. The number of benzene rings is 1. The van der Waals surface area contributed by atoms with Crippen LogP contribution >= 0.6 is 0 Å². The van der Waals surface area contributed by atoms with Gasteiger partial charge in [0.2, 0.25) is 0 Å². The fraction of sp³-hybridized carbons (Fsp3) is 0.480. The molecule has 1 unspecified atom stereocenters. The number of hydrogen-bond acceptors (Lipinski definition) is 8. The Hall–Kier alpha value is -3.01. The SMILES string of the molecule is O=C(/C=C/c1cnc(NCCOc2cccc(CN3CCCC3)c2)cn1)NOC1CCCCO1. The molecule has 1 aromatic heterocycles. The summed E-state index contributed by atoms with van der Waals surface area (Å²) >= 11 is 0. The van der Waals surface area contributed by atoms with E-state index in [9.17, 15) is 4.79 Å². The average Bonchev–Trinajstić information content (AvgIpc) is 3.39.